The lowest BCUT2D eigenvalue weighted by atomic mass is 10.2. The first-order valence-electron chi connectivity index (χ1n) is 3.19. The topological polar surface area (TPSA) is 40.5 Å². The van der Waals surface area contributed by atoms with E-state index in [1.165, 1.54) is 5.82 Å². The summed E-state index contributed by atoms with van der Waals surface area (Å²) in [5, 5.41) is 0. The van der Waals surface area contributed by atoms with Crippen molar-refractivity contribution < 1.29 is 9.79 Å². The van der Waals surface area contributed by atoms with Gasteiger partial charge < -0.3 is 9.79 Å². The molecule has 0 bridgehead atoms. The van der Waals surface area contributed by atoms with Crippen molar-refractivity contribution >= 4 is 14.5 Å². The average molecular weight is 168 g/mol. The van der Waals surface area contributed by atoms with Crippen LogP contribution in [0.4, 0.5) is 0 Å². The predicted octanol–water partition coefficient (Wildman–Crippen LogP) is 1.95. The van der Waals surface area contributed by atoms with E-state index < -0.39 is 8.38 Å². The molecule has 0 atom stereocenters. The Morgan fingerprint density at radius 1 is 1.09 bits per heavy atom. The molecule has 0 saturated carbocycles. The fraction of sp³-hybridized carbons (Fsp3) is 0. The minimum Gasteiger partial charge on any atom is -0.347 e. The molecule has 0 aromatic heterocycles. The number of hydrogen-bond donors (Lipinski definition) is 2. The Kier molecular flexibility index (Phi) is 3.24. The van der Waals surface area contributed by atoms with E-state index in [-0.39, 0.29) is 0 Å². The standard InChI is InChI=1S/C8H9O2P/c9-11(10)7-6-8-4-2-1-3-5-8/h1-7,9-10H. The molecule has 1 aromatic carbocycles. The van der Waals surface area contributed by atoms with Crippen molar-refractivity contribution in [3.05, 3.63) is 41.7 Å². The van der Waals surface area contributed by atoms with E-state index in [1.807, 2.05) is 30.3 Å². The zero-order chi connectivity index (χ0) is 8.10. The van der Waals surface area contributed by atoms with Crippen molar-refractivity contribution in [2.75, 3.05) is 0 Å². The highest BCUT2D eigenvalue weighted by Crippen LogP contribution is 2.25. The van der Waals surface area contributed by atoms with Crippen molar-refractivity contribution in [1.82, 2.24) is 0 Å². The lowest BCUT2D eigenvalue weighted by molar-refractivity contribution is 0.496. The van der Waals surface area contributed by atoms with E-state index in [9.17, 15) is 0 Å². The molecule has 0 aliphatic rings. The summed E-state index contributed by atoms with van der Waals surface area (Å²) in [5.41, 5.74) is 0.975. The third kappa shape index (κ3) is 3.28. The summed E-state index contributed by atoms with van der Waals surface area (Å²) < 4.78 is 0. The molecule has 0 aliphatic carbocycles. The Labute approximate surface area is 66.7 Å². The van der Waals surface area contributed by atoms with E-state index >= 15 is 0 Å². The van der Waals surface area contributed by atoms with Crippen LogP contribution in [0.25, 0.3) is 6.08 Å². The first-order valence-corrected chi connectivity index (χ1v) is 4.51. The van der Waals surface area contributed by atoms with E-state index in [0.29, 0.717) is 0 Å². The van der Waals surface area contributed by atoms with Crippen molar-refractivity contribution in [1.29, 1.82) is 0 Å². The van der Waals surface area contributed by atoms with Crippen LogP contribution in [0.5, 0.6) is 0 Å². The van der Waals surface area contributed by atoms with Crippen molar-refractivity contribution in [3.8, 4) is 0 Å². The first-order chi connectivity index (χ1) is 5.29. The van der Waals surface area contributed by atoms with E-state index in [0.717, 1.165) is 5.56 Å². The van der Waals surface area contributed by atoms with Crippen LogP contribution in [0, 0.1) is 0 Å². The molecule has 58 valence electrons. The third-order valence-electron chi connectivity index (χ3n) is 1.20. The van der Waals surface area contributed by atoms with Gasteiger partial charge in [0.25, 0.3) is 0 Å². The van der Waals surface area contributed by atoms with Crippen molar-refractivity contribution in [2.45, 2.75) is 0 Å². The maximum Gasteiger partial charge on any atom is 0.191 e. The fourth-order valence-corrected chi connectivity index (χ4v) is 1.02. The number of benzene rings is 1. The predicted molar refractivity (Wildman–Crippen MR) is 46.8 cm³/mol. The molecule has 1 aromatic rings. The molecule has 0 amide bonds. The minimum atomic E-state index is -1.90. The minimum absolute atomic E-state index is 0.975. The van der Waals surface area contributed by atoms with Crippen LogP contribution in [0.15, 0.2) is 36.1 Å². The Morgan fingerprint density at radius 3 is 2.27 bits per heavy atom. The Bertz CT molecular complexity index is 231. The summed E-state index contributed by atoms with van der Waals surface area (Å²) in [7, 11) is -1.90. The molecular formula is C8H9O2P. The van der Waals surface area contributed by atoms with Gasteiger partial charge in [-0.1, -0.05) is 30.3 Å². The average Bonchev–Trinajstić information content (AvgIpc) is 2.03. The monoisotopic (exact) mass is 168 g/mol. The molecule has 0 unspecified atom stereocenters. The lowest BCUT2D eigenvalue weighted by Crippen LogP contribution is -1.67. The quantitative estimate of drug-likeness (QED) is 0.662. The molecule has 1 rings (SSSR count). The van der Waals surface area contributed by atoms with Crippen molar-refractivity contribution in [3.63, 3.8) is 0 Å². The van der Waals surface area contributed by atoms with Gasteiger partial charge in [0.2, 0.25) is 0 Å². The van der Waals surface area contributed by atoms with Gasteiger partial charge in [-0.05, 0) is 17.5 Å². The smallest absolute Gasteiger partial charge is 0.191 e. The molecule has 0 saturated heterocycles. The zero-order valence-corrected chi connectivity index (χ0v) is 6.78. The molecule has 0 spiro atoms. The van der Waals surface area contributed by atoms with Crippen LogP contribution in [0.3, 0.4) is 0 Å². The molecule has 0 fully saturated rings. The summed E-state index contributed by atoms with van der Waals surface area (Å²) in [5.74, 6) is 1.38. The second-order valence-corrected chi connectivity index (χ2v) is 2.99. The van der Waals surface area contributed by atoms with E-state index in [2.05, 4.69) is 0 Å². The number of rotatable bonds is 2. The normalized spacial score (nSPS) is 11.2. The summed E-state index contributed by atoms with van der Waals surface area (Å²) >= 11 is 0. The van der Waals surface area contributed by atoms with Crippen LogP contribution in [0.2, 0.25) is 0 Å². The van der Waals surface area contributed by atoms with Gasteiger partial charge in [0.05, 0.1) is 0 Å². The molecule has 0 aliphatic heterocycles. The van der Waals surface area contributed by atoms with Gasteiger partial charge in [-0.3, -0.25) is 0 Å². The summed E-state index contributed by atoms with van der Waals surface area (Å²) in [6.07, 6.45) is 1.69. The van der Waals surface area contributed by atoms with Crippen LogP contribution in [0.1, 0.15) is 5.56 Å². The Hall–Kier alpha value is -0.690. The van der Waals surface area contributed by atoms with Crippen LogP contribution in [-0.4, -0.2) is 9.79 Å². The summed E-state index contributed by atoms with van der Waals surface area (Å²) in [6, 6.07) is 9.51. The molecule has 2 nitrogen and oxygen atoms in total. The molecule has 11 heavy (non-hydrogen) atoms. The maximum atomic E-state index is 8.55. The molecule has 2 N–H and O–H groups in total. The summed E-state index contributed by atoms with van der Waals surface area (Å²) in [4.78, 5) is 17.1. The van der Waals surface area contributed by atoms with Gasteiger partial charge in [-0.2, -0.15) is 0 Å². The molecule has 0 heterocycles. The zero-order valence-electron chi connectivity index (χ0n) is 5.88. The highest BCUT2D eigenvalue weighted by Gasteiger charge is 1.88. The molecular weight excluding hydrogens is 159 g/mol. The number of hydrogen-bond acceptors (Lipinski definition) is 2. The van der Waals surface area contributed by atoms with Crippen molar-refractivity contribution in [2.24, 2.45) is 0 Å². The Morgan fingerprint density at radius 2 is 1.73 bits per heavy atom. The third-order valence-corrected chi connectivity index (χ3v) is 1.62. The second kappa shape index (κ2) is 4.24. The van der Waals surface area contributed by atoms with Crippen LogP contribution < -0.4 is 0 Å². The molecule has 0 radical (unpaired) electrons. The van der Waals surface area contributed by atoms with Gasteiger partial charge in [0.15, 0.2) is 8.38 Å². The van der Waals surface area contributed by atoms with Gasteiger partial charge in [0.1, 0.15) is 0 Å². The highest BCUT2D eigenvalue weighted by molar-refractivity contribution is 7.48. The lowest BCUT2D eigenvalue weighted by Gasteiger charge is -1.92. The molecule has 3 heteroatoms. The van der Waals surface area contributed by atoms with Gasteiger partial charge in [0, 0.05) is 0 Å². The van der Waals surface area contributed by atoms with Gasteiger partial charge in [-0.15, -0.1) is 0 Å². The van der Waals surface area contributed by atoms with Crippen LogP contribution in [-0.2, 0) is 0 Å². The second-order valence-electron chi connectivity index (χ2n) is 2.05. The van der Waals surface area contributed by atoms with E-state index in [4.69, 9.17) is 9.79 Å². The SMILES string of the molecule is OP(O)C=Cc1ccccc1. The maximum absolute atomic E-state index is 8.55. The fourth-order valence-electron chi connectivity index (χ4n) is 0.717. The highest BCUT2D eigenvalue weighted by atomic mass is 31.2. The van der Waals surface area contributed by atoms with Gasteiger partial charge in [-0.25, -0.2) is 0 Å². The van der Waals surface area contributed by atoms with Gasteiger partial charge >= 0.3 is 0 Å². The Balaban J connectivity index is 2.65. The first kappa shape index (κ1) is 8.41. The van der Waals surface area contributed by atoms with Crippen LogP contribution >= 0.6 is 8.38 Å². The largest absolute Gasteiger partial charge is 0.347 e. The van der Waals surface area contributed by atoms with E-state index in [1.54, 1.807) is 6.08 Å². The summed E-state index contributed by atoms with van der Waals surface area (Å²) in [6.45, 7) is 0.